The van der Waals surface area contributed by atoms with Crippen LogP contribution in [0.2, 0.25) is 0 Å². The van der Waals surface area contributed by atoms with Gasteiger partial charge in [0.25, 0.3) is 5.91 Å². The summed E-state index contributed by atoms with van der Waals surface area (Å²) in [6.07, 6.45) is 2.46. The lowest BCUT2D eigenvalue weighted by Gasteiger charge is -2.26. The topological polar surface area (TPSA) is 85.8 Å². The Morgan fingerprint density at radius 1 is 1.32 bits per heavy atom. The molecule has 9 heteroatoms. The van der Waals surface area contributed by atoms with Crippen molar-refractivity contribution in [2.45, 2.75) is 26.4 Å². The Bertz CT molecular complexity index is 748. The lowest BCUT2D eigenvalue weighted by molar-refractivity contribution is 0.0357. The Morgan fingerprint density at radius 3 is 2.82 bits per heavy atom. The first-order chi connectivity index (χ1) is 13.6. The maximum Gasteiger partial charge on any atom is 0.257 e. The van der Waals surface area contributed by atoms with Crippen LogP contribution < -0.4 is 14.8 Å². The molecule has 1 aliphatic heterocycles. The Labute approximate surface area is 168 Å². The molecule has 28 heavy (non-hydrogen) atoms. The van der Waals surface area contributed by atoms with Crippen LogP contribution in [0, 0.1) is 0 Å². The molecule has 3 rings (SSSR count). The maximum absolute atomic E-state index is 12.5. The predicted molar refractivity (Wildman–Crippen MR) is 107 cm³/mol. The molecular weight excluding hydrogens is 380 g/mol. The van der Waals surface area contributed by atoms with E-state index in [-0.39, 0.29) is 12.0 Å². The van der Waals surface area contributed by atoms with Crippen LogP contribution in [0.1, 0.15) is 30.6 Å². The van der Waals surface area contributed by atoms with Gasteiger partial charge >= 0.3 is 0 Å². The van der Waals surface area contributed by atoms with Crippen LogP contribution in [0.25, 0.3) is 0 Å². The van der Waals surface area contributed by atoms with Gasteiger partial charge < -0.3 is 14.2 Å². The number of carbonyl (C=O) groups excluding carboxylic acids is 1. The van der Waals surface area contributed by atoms with Gasteiger partial charge in [-0.25, -0.2) is 4.98 Å². The molecule has 3 heterocycles. The van der Waals surface area contributed by atoms with E-state index in [1.165, 1.54) is 11.3 Å². The molecule has 0 aliphatic carbocycles. The van der Waals surface area contributed by atoms with Gasteiger partial charge in [0.1, 0.15) is 0 Å². The van der Waals surface area contributed by atoms with Crippen molar-refractivity contribution in [2.75, 3.05) is 44.8 Å². The quantitative estimate of drug-likeness (QED) is 0.641. The van der Waals surface area contributed by atoms with Crippen LogP contribution in [0.3, 0.4) is 0 Å². The summed E-state index contributed by atoms with van der Waals surface area (Å²) >= 11 is 1.36. The smallest absolute Gasteiger partial charge is 0.257 e. The lowest BCUT2D eigenvalue weighted by Crippen LogP contribution is -2.37. The van der Waals surface area contributed by atoms with Crippen molar-refractivity contribution in [3.05, 3.63) is 29.3 Å². The van der Waals surface area contributed by atoms with Gasteiger partial charge in [-0.05, 0) is 20.3 Å². The molecule has 0 spiro atoms. The Kier molecular flexibility index (Phi) is 7.58. The third-order valence-corrected chi connectivity index (χ3v) is 4.71. The first kappa shape index (κ1) is 20.5. The van der Waals surface area contributed by atoms with E-state index >= 15 is 0 Å². The van der Waals surface area contributed by atoms with Crippen LogP contribution in [0.5, 0.6) is 11.8 Å². The lowest BCUT2D eigenvalue weighted by atomic mass is 10.2. The minimum absolute atomic E-state index is 0.0565. The highest BCUT2D eigenvalue weighted by atomic mass is 32.1. The average Bonchev–Trinajstić information content (AvgIpc) is 3.18. The standard InChI is InChI=1S/C19H26N4O4S/c1-14(2)27-17-13-15(18(24)22-19-20-4-11-28-19)12-16(21-17)26-8-3-5-23-6-9-25-10-7-23/h4,11-14H,3,5-10H2,1-2H3,(H,20,22,24). The predicted octanol–water partition coefficient (Wildman–Crippen LogP) is 2.68. The number of aromatic nitrogens is 2. The zero-order valence-corrected chi connectivity index (χ0v) is 17.0. The van der Waals surface area contributed by atoms with E-state index in [1.54, 1.807) is 23.7 Å². The molecule has 1 aliphatic rings. The molecule has 0 aromatic carbocycles. The number of morpholine rings is 1. The highest BCUT2D eigenvalue weighted by Gasteiger charge is 2.14. The number of pyridine rings is 1. The third kappa shape index (κ3) is 6.43. The van der Waals surface area contributed by atoms with Crippen LogP contribution in [-0.4, -0.2) is 66.3 Å². The molecule has 2 aromatic rings. The van der Waals surface area contributed by atoms with Crippen LogP contribution in [0.15, 0.2) is 23.7 Å². The SMILES string of the molecule is CC(C)Oc1cc(C(=O)Nc2nccs2)cc(OCCCN2CCOCC2)n1. The molecule has 8 nitrogen and oxygen atoms in total. The Balaban J connectivity index is 1.60. The van der Waals surface area contributed by atoms with Crippen molar-refractivity contribution in [1.29, 1.82) is 0 Å². The summed E-state index contributed by atoms with van der Waals surface area (Å²) in [5.41, 5.74) is 0.420. The molecule has 0 unspecified atom stereocenters. The van der Waals surface area contributed by atoms with E-state index in [9.17, 15) is 4.79 Å². The van der Waals surface area contributed by atoms with Crippen molar-refractivity contribution in [3.8, 4) is 11.8 Å². The second kappa shape index (κ2) is 10.4. The van der Waals surface area contributed by atoms with Gasteiger partial charge in [0, 0.05) is 43.3 Å². The minimum atomic E-state index is -0.274. The number of hydrogen-bond donors (Lipinski definition) is 1. The molecule has 1 saturated heterocycles. The van der Waals surface area contributed by atoms with Gasteiger partial charge in [0.05, 0.1) is 31.5 Å². The van der Waals surface area contributed by atoms with E-state index in [4.69, 9.17) is 14.2 Å². The Morgan fingerprint density at radius 2 is 2.11 bits per heavy atom. The molecule has 0 radical (unpaired) electrons. The number of amides is 1. The fraction of sp³-hybridized carbons (Fsp3) is 0.526. The fourth-order valence-electron chi connectivity index (χ4n) is 2.73. The molecular formula is C19H26N4O4S. The van der Waals surface area contributed by atoms with E-state index in [2.05, 4.69) is 20.2 Å². The van der Waals surface area contributed by atoms with Gasteiger partial charge in [0.15, 0.2) is 5.13 Å². The number of carbonyl (C=O) groups is 1. The van der Waals surface area contributed by atoms with Gasteiger partial charge in [-0.3, -0.25) is 15.0 Å². The van der Waals surface area contributed by atoms with Crippen molar-refractivity contribution < 1.29 is 19.0 Å². The number of nitrogens with zero attached hydrogens (tertiary/aromatic N) is 3. The molecule has 0 saturated carbocycles. The van der Waals surface area contributed by atoms with E-state index in [0.29, 0.717) is 29.1 Å². The number of anilines is 1. The van der Waals surface area contributed by atoms with Gasteiger partial charge in [-0.1, -0.05) is 0 Å². The number of nitrogens with one attached hydrogen (secondary N) is 1. The third-order valence-electron chi connectivity index (χ3n) is 4.02. The van der Waals surface area contributed by atoms with E-state index in [0.717, 1.165) is 39.3 Å². The molecule has 1 fully saturated rings. The van der Waals surface area contributed by atoms with Gasteiger partial charge in [-0.2, -0.15) is 4.98 Å². The number of hydrogen-bond acceptors (Lipinski definition) is 8. The first-order valence-corrected chi connectivity index (χ1v) is 10.3. The second-order valence-corrected chi connectivity index (χ2v) is 7.54. The second-order valence-electron chi connectivity index (χ2n) is 6.65. The molecule has 0 bridgehead atoms. The fourth-order valence-corrected chi connectivity index (χ4v) is 3.26. The first-order valence-electron chi connectivity index (χ1n) is 9.42. The van der Waals surface area contributed by atoms with Crippen LogP contribution in [0.4, 0.5) is 5.13 Å². The molecule has 1 N–H and O–H groups in total. The van der Waals surface area contributed by atoms with Crippen molar-refractivity contribution in [2.24, 2.45) is 0 Å². The summed E-state index contributed by atoms with van der Waals surface area (Å²) in [5, 5.41) is 5.11. The van der Waals surface area contributed by atoms with Crippen LogP contribution in [-0.2, 0) is 4.74 Å². The summed E-state index contributed by atoms with van der Waals surface area (Å²) < 4.78 is 16.8. The normalized spacial score (nSPS) is 14.8. The maximum atomic E-state index is 12.5. The summed E-state index contributed by atoms with van der Waals surface area (Å²) in [4.78, 5) is 23.3. The molecule has 2 aromatic heterocycles. The van der Waals surface area contributed by atoms with Gasteiger partial charge in [0.2, 0.25) is 11.8 Å². The highest BCUT2D eigenvalue weighted by Crippen LogP contribution is 2.21. The largest absolute Gasteiger partial charge is 0.478 e. The van der Waals surface area contributed by atoms with Crippen molar-refractivity contribution >= 4 is 22.4 Å². The minimum Gasteiger partial charge on any atom is -0.478 e. The molecule has 152 valence electrons. The zero-order chi connectivity index (χ0) is 19.8. The Hall–Kier alpha value is -2.23. The number of ether oxygens (including phenoxy) is 3. The average molecular weight is 407 g/mol. The van der Waals surface area contributed by atoms with E-state index < -0.39 is 0 Å². The van der Waals surface area contributed by atoms with E-state index in [1.807, 2.05) is 13.8 Å². The monoisotopic (exact) mass is 406 g/mol. The summed E-state index contributed by atoms with van der Waals surface area (Å²) in [6, 6.07) is 3.24. The number of rotatable bonds is 9. The van der Waals surface area contributed by atoms with Gasteiger partial charge in [-0.15, -0.1) is 11.3 Å². The van der Waals surface area contributed by atoms with Crippen LogP contribution >= 0.6 is 11.3 Å². The molecule has 0 atom stereocenters. The zero-order valence-electron chi connectivity index (χ0n) is 16.2. The molecule has 1 amide bonds. The summed E-state index contributed by atoms with van der Waals surface area (Å²) in [7, 11) is 0. The summed E-state index contributed by atoms with van der Waals surface area (Å²) in [6.45, 7) is 8.77. The van der Waals surface area contributed by atoms with Crippen molar-refractivity contribution in [1.82, 2.24) is 14.9 Å². The number of thiazole rings is 1. The highest BCUT2D eigenvalue weighted by molar-refractivity contribution is 7.13. The van der Waals surface area contributed by atoms with Crippen molar-refractivity contribution in [3.63, 3.8) is 0 Å². The summed E-state index contributed by atoms with van der Waals surface area (Å²) in [5.74, 6) is 0.471.